The highest BCUT2D eigenvalue weighted by molar-refractivity contribution is 5.80. The van der Waals surface area contributed by atoms with E-state index in [4.69, 9.17) is 4.74 Å². The van der Waals surface area contributed by atoms with Gasteiger partial charge in [0.25, 0.3) is 0 Å². The van der Waals surface area contributed by atoms with Gasteiger partial charge in [-0.3, -0.25) is 9.59 Å². The molecule has 1 saturated carbocycles. The Labute approximate surface area is 168 Å². The molecule has 2 saturated heterocycles. The van der Waals surface area contributed by atoms with Crippen molar-refractivity contribution < 1.29 is 14.3 Å². The highest BCUT2D eigenvalue weighted by Crippen LogP contribution is 2.45. The van der Waals surface area contributed by atoms with Crippen molar-refractivity contribution in [3.8, 4) is 0 Å². The molecule has 1 aliphatic carbocycles. The standard InChI is InChI=1S/C23H32N2O3/c1-17-2-4-18(5-3-17)21(19-6-7-19)16-22(26)24-10-8-20(9-11-24)23(27)25-12-14-28-15-13-25/h2-5,19-21H,6-16H2,1H3. The predicted octanol–water partition coefficient (Wildman–Crippen LogP) is 2.98. The SMILES string of the molecule is Cc1ccc(C(CC(=O)N2CCC(C(=O)N3CCOCC3)CC2)C2CC2)cc1. The van der Waals surface area contributed by atoms with Crippen molar-refractivity contribution in [2.24, 2.45) is 11.8 Å². The predicted molar refractivity (Wildman–Crippen MR) is 108 cm³/mol. The van der Waals surface area contributed by atoms with Crippen LogP contribution >= 0.6 is 0 Å². The number of carbonyl (C=O) groups is 2. The van der Waals surface area contributed by atoms with Crippen LogP contribution in [0.5, 0.6) is 0 Å². The average molecular weight is 385 g/mol. The number of likely N-dealkylation sites (tertiary alicyclic amines) is 1. The number of rotatable bonds is 5. The van der Waals surface area contributed by atoms with Gasteiger partial charge in [-0.25, -0.2) is 0 Å². The Morgan fingerprint density at radius 3 is 2.21 bits per heavy atom. The third-order valence-electron chi connectivity index (χ3n) is 6.61. The van der Waals surface area contributed by atoms with E-state index < -0.39 is 0 Å². The molecule has 4 rings (SSSR count). The van der Waals surface area contributed by atoms with Crippen molar-refractivity contribution in [3.05, 3.63) is 35.4 Å². The number of benzene rings is 1. The van der Waals surface area contributed by atoms with Crippen LogP contribution < -0.4 is 0 Å². The molecule has 1 aromatic carbocycles. The van der Waals surface area contributed by atoms with E-state index in [1.54, 1.807) is 0 Å². The van der Waals surface area contributed by atoms with Crippen molar-refractivity contribution >= 4 is 11.8 Å². The molecule has 0 aromatic heterocycles. The summed E-state index contributed by atoms with van der Waals surface area (Å²) in [5.74, 6) is 1.59. The van der Waals surface area contributed by atoms with Crippen LogP contribution in [-0.2, 0) is 14.3 Å². The molecule has 1 aromatic rings. The molecule has 3 fully saturated rings. The first-order chi connectivity index (χ1) is 13.6. The largest absolute Gasteiger partial charge is 0.378 e. The van der Waals surface area contributed by atoms with Crippen molar-refractivity contribution in [2.75, 3.05) is 39.4 Å². The minimum absolute atomic E-state index is 0.0680. The molecule has 0 bridgehead atoms. The molecule has 2 heterocycles. The number of piperidine rings is 1. The summed E-state index contributed by atoms with van der Waals surface area (Å²) in [6.07, 6.45) is 4.67. The fraction of sp³-hybridized carbons (Fsp3) is 0.652. The van der Waals surface area contributed by atoms with Crippen LogP contribution in [0.2, 0.25) is 0 Å². The van der Waals surface area contributed by atoms with Crippen molar-refractivity contribution in [3.63, 3.8) is 0 Å². The molecule has 1 unspecified atom stereocenters. The summed E-state index contributed by atoms with van der Waals surface area (Å²) in [4.78, 5) is 29.6. The lowest BCUT2D eigenvalue weighted by molar-refractivity contribution is -0.143. The van der Waals surface area contributed by atoms with E-state index in [1.807, 2.05) is 9.80 Å². The summed E-state index contributed by atoms with van der Waals surface area (Å²) in [6, 6.07) is 8.69. The number of nitrogens with zero attached hydrogens (tertiary/aromatic N) is 2. The Morgan fingerprint density at radius 1 is 0.964 bits per heavy atom. The molecular formula is C23H32N2O3. The second kappa shape index (κ2) is 8.64. The fourth-order valence-electron chi connectivity index (χ4n) is 4.60. The van der Waals surface area contributed by atoms with E-state index in [0.717, 1.165) is 12.8 Å². The van der Waals surface area contributed by atoms with Gasteiger partial charge in [0, 0.05) is 38.5 Å². The Kier molecular flexibility index (Phi) is 6.00. The number of ether oxygens (including phenoxy) is 1. The van der Waals surface area contributed by atoms with Gasteiger partial charge >= 0.3 is 0 Å². The van der Waals surface area contributed by atoms with E-state index in [-0.39, 0.29) is 17.7 Å². The first-order valence-corrected chi connectivity index (χ1v) is 10.8. The Bertz CT molecular complexity index is 684. The number of morpholine rings is 1. The van der Waals surface area contributed by atoms with Gasteiger partial charge in [0.1, 0.15) is 0 Å². The summed E-state index contributed by atoms with van der Waals surface area (Å²) in [7, 11) is 0. The van der Waals surface area contributed by atoms with Gasteiger partial charge < -0.3 is 14.5 Å². The highest BCUT2D eigenvalue weighted by atomic mass is 16.5. The van der Waals surface area contributed by atoms with Crippen molar-refractivity contribution in [1.29, 1.82) is 0 Å². The number of hydrogen-bond donors (Lipinski definition) is 0. The van der Waals surface area contributed by atoms with Crippen molar-refractivity contribution in [1.82, 2.24) is 9.80 Å². The van der Waals surface area contributed by atoms with Gasteiger partial charge in [-0.05, 0) is 50.0 Å². The molecule has 3 aliphatic rings. The molecule has 0 spiro atoms. The van der Waals surface area contributed by atoms with E-state index in [9.17, 15) is 9.59 Å². The molecule has 2 amide bonds. The third kappa shape index (κ3) is 4.57. The molecule has 28 heavy (non-hydrogen) atoms. The van der Waals surface area contributed by atoms with Crippen LogP contribution in [0, 0.1) is 18.8 Å². The van der Waals surface area contributed by atoms with Crippen LogP contribution in [-0.4, -0.2) is 61.0 Å². The molecule has 5 nitrogen and oxygen atoms in total. The topological polar surface area (TPSA) is 49.9 Å². The maximum atomic E-state index is 13.0. The number of hydrogen-bond acceptors (Lipinski definition) is 3. The van der Waals surface area contributed by atoms with Crippen LogP contribution in [0.3, 0.4) is 0 Å². The molecule has 152 valence electrons. The van der Waals surface area contributed by atoms with E-state index in [0.29, 0.717) is 57.6 Å². The van der Waals surface area contributed by atoms with Crippen LogP contribution in [0.4, 0.5) is 0 Å². The lowest BCUT2D eigenvalue weighted by atomic mass is 9.89. The van der Waals surface area contributed by atoms with E-state index >= 15 is 0 Å². The van der Waals surface area contributed by atoms with Crippen LogP contribution in [0.25, 0.3) is 0 Å². The normalized spacial score (nSPS) is 22.2. The maximum Gasteiger partial charge on any atom is 0.225 e. The maximum absolute atomic E-state index is 13.0. The van der Waals surface area contributed by atoms with Gasteiger partial charge in [-0.1, -0.05) is 29.8 Å². The Morgan fingerprint density at radius 2 is 1.61 bits per heavy atom. The van der Waals surface area contributed by atoms with Gasteiger partial charge in [0.05, 0.1) is 13.2 Å². The fourth-order valence-corrected chi connectivity index (χ4v) is 4.60. The van der Waals surface area contributed by atoms with Crippen LogP contribution in [0.15, 0.2) is 24.3 Å². The molecule has 1 atom stereocenters. The summed E-state index contributed by atoms with van der Waals surface area (Å²) >= 11 is 0. The van der Waals surface area contributed by atoms with Gasteiger partial charge in [-0.15, -0.1) is 0 Å². The van der Waals surface area contributed by atoms with E-state index in [1.165, 1.54) is 24.0 Å². The third-order valence-corrected chi connectivity index (χ3v) is 6.61. The van der Waals surface area contributed by atoms with Gasteiger partial charge in [-0.2, -0.15) is 0 Å². The minimum atomic E-state index is 0.0680. The molecule has 0 radical (unpaired) electrons. The van der Waals surface area contributed by atoms with Gasteiger partial charge in [0.15, 0.2) is 0 Å². The molecule has 5 heteroatoms. The summed E-state index contributed by atoms with van der Waals surface area (Å²) in [6.45, 7) is 6.23. The zero-order valence-corrected chi connectivity index (χ0v) is 16.9. The average Bonchev–Trinajstić information content (AvgIpc) is 3.58. The van der Waals surface area contributed by atoms with Gasteiger partial charge in [0.2, 0.25) is 11.8 Å². The summed E-state index contributed by atoms with van der Waals surface area (Å²) in [5.41, 5.74) is 2.57. The first kappa shape index (κ1) is 19.4. The smallest absolute Gasteiger partial charge is 0.225 e. The molecular weight excluding hydrogens is 352 g/mol. The Hall–Kier alpha value is -1.88. The second-order valence-corrected chi connectivity index (χ2v) is 8.65. The first-order valence-electron chi connectivity index (χ1n) is 10.8. The minimum Gasteiger partial charge on any atom is -0.378 e. The zero-order valence-electron chi connectivity index (χ0n) is 16.9. The van der Waals surface area contributed by atoms with Crippen LogP contribution in [0.1, 0.15) is 49.1 Å². The van der Waals surface area contributed by atoms with E-state index in [2.05, 4.69) is 31.2 Å². The molecule has 0 N–H and O–H groups in total. The Balaban J connectivity index is 1.30. The monoisotopic (exact) mass is 384 g/mol. The number of aryl methyl sites for hydroxylation is 1. The summed E-state index contributed by atoms with van der Waals surface area (Å²) in [5, 5.41) is 0. The van der Waals surface area contributed by atoms with Crippen molar-refractivity contribution in [2.45, 2.75) is 44.9 Å². The lowest BCUT2D eigenvalue weighted by Gasteiger charge is -2.36. The number of carbonyl (C=O) groups excluding carboxylic acids is 2. The highest BCUT2D eigenvalue weighted by Gasteiger charge is 2.36. The summed E-state index contributed by atoms with van der Waals surface area (Å²) < 4.78 is 5.34. The zero-order chi connectivity index (χ0) is 19.5. The molecule has 2 aliphatic heterocycles. The second-order valence-electron chi connectivity index (χ2n) is 8.65. The quantitative estimate of drug-likeness (QED) is 0.784. The lowest BCUT2D eigenvalue weighted by Crippen LogP contribution is -2.47. The number of amides is 2.